The van der Waals surface area contributed by atoms with Gasteiger partial charge in [-0.3, -0.25) is 0 Å². The minimum atomic E-state index is 0.981. The number of thioether (sulfide) groups is 1. The Morgan fingerprint density at radius 2 is 2.12 bits per heavy atom. The first-order valence-corrected chi connectivity index (χ1v) is 4.66. The van der Waals surface area contributed by atoms with Gasteiger partial charge in [0.25, 0.3) is 0 Å². The van der Waals surface area contributed by atoms with Crippen molar-refractivity contribution in [3.63, 3.8) is 0 Å². The molecule has 1 saturated carbocycles. The number of hydrogen-bond donors (Lipinski definition) is 0. The highest BCUT2D eigenvalue weighted by molar-refractivity contribution is 7.99. The lowest BCUT2D eigenvalue weighted by Gasteiger charge is -2.09. The zero-order valence-electron chi connectivity index (χ0n) is 5.68. The fourth-order valence-corrected chi connectivity index (χ4v) is 2.46. The van der Waals surface area contributed by atoms with Crippen molar-refractivity contribution in [1.29, 1.82) is 0 Å². The van der Waals surface area contributed by atoms with E-state index < -0.39 is 0 Å². The van der Waals surface area contributed by atoms with E-state index >= 15 is 0 Å². The monoisotopic (exact) mass is 130 g/mol. The Morgan fingerprint density at radius 1 is 1.38 bits per heavy atom. The molecule has 1 aliphatic carbocycles. The van der Waals surface area contributed by atoms with Crippen LogP contribution < -0.4 is 0 Å². The van der Waals surface area contributed by atoms with Crippen LogP contribution in [0.15, 0.2) is 0 Å². The van der Waals surface area contributed by atoms with Gasteiger partial charge in [0.2, 0.25) is 0 Å². The zero-order chi connectivity index (χ0) is 5.98. The van der Waals surface area contributed by atoms with Gasteiger partial charge in [-0.2, -0.15) is 11.8 Å². The summed E-state index contributed by atoms with van der Waals surface area (Å²) in [5, 5.41) is 0.981. The van der Waals surface area contributed by atoms with Crippen molar-refractivity contribution in [3.8, 4) is 0 Å². The van der Waals surface area contributed by atoms with E-state index in [-0.39, 0.29) is 0 Å². The van der Waals surface area contributed by atoms with E-state index in [0.29, 0.717) is 0 Å². The molecule has 0 amide bonds. The molecule has 1 fully saturated rings. The van der Waals surface area contributed by atoms with Gasteiger partial charge in [0.15, 0.2) is 0 Å². The molecule has 8 heavy (non-hydrogen) atoms. The van der Waals surface area contributed by atoms with Crippen LogP contribution in [-0.2, 0) is 0 Å². The molecule has 0 heterocycles. The van der Waals surface area contributed by atoms with Crippen LogP contribution in [0.25, 0.3) is 0 Å². The van der Waals surface area contributed by atoms with Crippen molar-refractivity contribution in [3.05, 3.63) is 0 Å². The Kier molecular flexibility index (Phi) is 2.24. The largest absolute Gasteiger partial charge is 0.162 e. The van der Waals surface area contributed by atoms with E-state index in [0.717, 1.165) is 11.2 Å². The van der Waals surface area contributed by atoms with Gasteiger partial charge in [-0.25, -0.2) is 0 Å². The number of hydrogen-bond acceptors (Lipinski definition) is 1. The summed E-state index contributed by atoms with van der Waals surface area (Å²) >= 11 is 2.04. The van der Waals surface area contributed by atoms with Crippen LogP contribution in [0.2, 0.25) is 0 Å². The van der Waals surface area contributed by atoms with Gasteiger partial charge < -0.3 is 0 Å². The van der Waals surface area contributed by atoms with Gasteiger partial charge in [0.05, 0.1) is 0 Å². The SMILES string of the molecule is CSC1CCC[C@H]1C. The van der Waals surface area contributed by atoms with Gasteiger partial charge in [0, 0.05) is 5.25 Å². The van der Waals surface area contributed by atoms with Gasteiger partial charge in [0.1, 0.15) is 0 Å². The first kappa shape index (κ1) is 6.47. The van der Waals surface area contributed by atoms with E-state index in [4.69, 9.17) is 0 Å². The van der Waals surface area contributed by atoms with Crippen LogP contribution in [0.1, 0.15) is 26.2 Å². The van der Waals surface area contributed by atoms with Gasteiger partial charge in [-0.05, 0) is 25.0 Å². The average Bonchev–Trinajstić information content (AvgIpc) is 2.14. The lowest BCUT2D eigenvalue weighted by Crippen LogP contribution is -2.03. The van der Waals surface area contributed by atoms with Crippen molar-refractivity contribution in [2.24, 2.45) is 5.92 Å². The predicted octanol–water partition coefficient (Wildman–Crippen LogP) is 2.54. The van der Waals surface area contributed by atoms with Crippen LogP contribution in [0, 0.1) is 5.92 Å². The molecular weight excluding hydrogens is 116 g/mol. The van der Waals surface area contributed by atoms with E-state index in [2.05, 4.69) is 13.2 Å². The molecule has 1 rings (SSSR count). The Hall–Kier alpha value is 0.350. The van der Waals surface area contributed by atoms with E-state index in [1.165, 1.54) is 19.3 Å². The first-order chi connectivity index (χ1) is 3.84. The normalized spacial score (nSPS) is 38.2. The molecule has 0 aromatic carbocycles. The maximum absolute atomic E-state index is 2.37. The molecule has 0 aromatic heterocycles. The summed E-state index contributed by atoms with van der Waals surface area (Å²) in [6.45, 7) is 2.37. The summed E-state index contributed by atoms with van der Waals surface area (Å²) in [7, 11) is 0. The highest BCUT2D eigenvalue weighted by atomic mass is 32.2. The van der Waals surface area contributed by atoms with Crippen LogP contribution in [0.3, 0.4) is 0 Å². The Morgan fingerprint density at radius 3 is 2.38 bits per heavy atom. The minimum Gasteiger partial charge on any atom is -0.162 e. The van der Waals surface area contributed by atoms with Crippen molar-refractivity contribution in [2.45, 2.75) is 31.4 Å². The summed E-state index contributed by atoms with van der Waals surface area (Å²) in [6.07, 6.45) is 6.62. The standard InChI is InChI=1S/C7H14S/c1-6-4-3-5-7(6)8-2/h6-7H,3-5H2,1-2H3/t6-,7?/m1/s1. The second-order valence-corrected chi connectivity index (χ2v) is 3.76. The molecular formula is C7H14S. The Bertz CT molecular complexity index is 70.8. The van der Waals surface area contributed by atoms with Gasteiger partial charge in [-0.1, -0.05) is 13.3 Å². The molecule has 0 saturated heterocycles. The third-order valence-corrected chi connectivity index (χ3v) is 3.39. The molecule has 2 atom stereocenters. The number of rotatable bonds is 1. The Labute approximate surface area is 56.0 Å². The van der Waals surface area contributed by atoms with E-state index in [1.54, 1.807) is 0 Å². The van der Waals surface area contributed by atoms with Crippen LogP contribution in [0.5, 0.6) is 0 Å². The smallest absolute Gasteiger partial charge is 0.00699 e. The maximum Gasteiger partial charge on any atom is 0.00699 e. The molecule has 0 aromatic rings. The molecule has 0 spiro atoms. The summed E-state index contributed by atoms with van der Waals surface area (Å²) < 4.78 is 0. The molecule has 1 aliphatic rings. The lowest BCUT2D eigenvalue weighted by atomic mass is 10.1. The molecule has 0 radical (unpaired) electrons. The molecule has 0 bridgehead atoms. The molecule has 1 heteroatoms. The Balaban J connectivity index is 2.30. The highest BCUT2D eigenvalue weighted by Crippen LogP contribution is 2.32. The molecule has 48 valence electrons. The predicted molar refractivity (Wildman–Crippen MR) is 40.3 cm³/mol. The van der Waals surface area contributed by atoms with Crippen LogP contribution in [0.4, 0.5) is 0 Å². The molecule has 0 nitrogen and oxygen atoms in total. The second-order valence-electron chi connectivity index (χ2n) is 2.68. The summed E-state index contributed by atoms with van der Waals surface area (Å²) in [4.78, 5) is 0. The average molecular weight is 130 g/mol. The highest BCUT2D eigenvalue weighted by Gasteiger charge is 2.21. The van der Waals surface area contributed by atoms with Crippen molar-refractivity contribution in [1.82, 2.24) is 0 Å². The van der Waals surface area contributed by atoms with Crippen molar-refractivity contribution < 1.29 is 0 Å². The van der Waals surface area contributed by atoms with E-state index in [1.807, 2.05) is 11.8 Å². The second kappa shape index (κ2) is 2.77. The van der Waals surface area contributed by atoms with Gasteiger partial charge >= 0.3 is 0 Å². The quantitative estimate of drug-likeness (QED) is 0.525. The van der Waals surface area contributed by atoms with Crippen LogP contribution in [-0.4, -0.2) is 11.5 Å². The topological polar surface area (TPSA) is 0 Å². The fraction of sp³-hybridized carbons (Fsp3) is 1.00. The van der Waals surface area contributed by atoms with Crippen LogP contribution >= 0.6 is 11.8 Å². The van der Waals surface area contributed by atoms with Crippen molar-refractivity contribution >= 4 is 11.8 Å². The fourth-order valence-electron chi connectivity index (χ4n) is 1.46. The maximum atomic E-state index is 2.37. The molecule has 1 unspecified atom stereocenters. The zero-order valence-corrected chi connectivity index (χ0v) is 6.50. The third kappa shape index (κ3) is 1.19. The molecule has 0 aliphatic heterocycles. The minimum absolute atomic E-state index is 0.981. The van der Waals surface area contributed by atoms with E-state index in [9.17, 15) is 0 Å². The molecule has 0 N–H and O–H groups in total. The lowest BCUT2D eigenvalue weighted by molar-refractivity contribution is 0.625. The summed E-state index contributed by atoms with van der Waals surface area (Å²) in [5.41, 5.74) is 0. The summed E-state index contributed by atoms with van der Waals surface area (Å²) in [5.74, 6) is 0.991. The summed E-state index contributed by atoms with van der Waals surface area (Å²) in [6, 6.07) is 0. The van der Waals surface area contributed by atoms with Crippen molar-refractivity contribution in [2.75, 3.05) is 6.26 Å². The first-order valence-electron chi connectivity index (χ1n) is 3.37. The third-order valence-electron chi connectivity index (χ3n) is 2.09. The van der Waals surface area contributed by atoms with Gasteiger partial charge in [-0.15, -0.1) is 0 Å².